The van der Waals surface area contributed by atoms with Gasteiger partial charge in [-0.3, -0.25) is 0 Å². The predicted molar refractivity (Wildman–Crippen MR) is 74.7 cm³/mol. The molecule has 0 saturated heterocycles. The van der Waals surface area contributed by atoms with E-state index in [0.29, 0.717) is 17.3 Å². The Balaban J connectivity index is 1.94. The zero-order valence-corrected chi connectivity index (χ0v) is 11.3. The number of benzene rings is 1. The Morgan fingerprint density at radius 2 is 2.00 bits per heavy atom. The third-order valence-corrected chi connectivity index (χ3v) is 3.76. The highest BCUT2D eigenvalue weighted by molar-refractivity contribution is 7.08. The second kappa shape index (κ2) is 4.90. The van der Waals surface area contributed by atoms with Crippen molar-refractivity contribution in [3.8, 4) is 22.8 Å². The molecule has 100 valence electrons. The summed E-state index contributed by atoms with van der Waals surface area (Å²) in [6.45, 7) is 1.99. The number of carboxylic acids is 1. The van der Waals surface area contributed by atoms with Crippen molar-refractivity contribution in [1.29, 1.82) is 0 Å². The minimum atomic E-state index is -0.961. The molecule has 0 bridgehead atoms. The Morgan fingerprint density at radius 3 is 2.60 bits per heavy atom. The van der Waals surface area contributed by atoms with E-state index < -0.39 is 5.97 Å². The predicted octanol–water partition coefficient (Wildman–Crippen LogP) is 3.47. The van der Waals surface area contributed by atoms with Crippen LogP contribution in [0.3, 0.4) is 0 Å². The van der Waals surface area contributed by atoms with E-state index in [-0.39, 0.29) is 5.56 Å². The summed E-state index contributed by atoms with van der Waals surface area (Å²) in [5.41, 5.74) is 2.97. The van der Waals surface area contributed by atoms with Crippen LogP contribution >= 0.6 is 11.3 Å². The number of nitrogens with zero attached hydrogens (tertiary/aromatic N) is 2. The SMILES string of the molecule is Cc1cscc1-c1noc(-c2ccc(C(=O)O)cc2)n1. The molecule has 3 aromatic rings. The molecule has 0 unspecified atom stereocenters. The highest BCUT2D eigenvalue weighted by atomic mass is 32.1. The molecule has 5 nitrogen and oxygen atoms in total. The monoisotopic (exact) mass is 286 g/mol. The molecule has 0 atom stereocenters. The highest BCUT2D eigenvalue weighted by Crippen LogP contribution is 2.27. The van der Waals surface area contributed by atoms with Crippen molar-refractivity contribution in [2.75, 3.05) is 0 Å². The second-order valence-electron chi connectivity index (χ2n) is 4.27. The van der Waals surface area contributed by atoms with Gasteiger partial charge >= 0.3 is 5.97 Å². The van der Waals surface area contributed by atoms with Crippen LogP contribution in [0.25, 0.3) is 22.8 Å². The molecule has 1 aromatic carbocycles. The first-order valence-electron chi connectivity index (χ1n) is 5.86. The summed E-state index contributed by atoms with van der Waals surface area (Å²) in [6, 6.07) is 6.33. The number of aryl methyl sites for hydroxylation is 1. The van der Waals surface area contributed by atoms with Crippen molar-refractivity contribution in [3.05, 3.63) is 46.2 Å². The van der Waals surface area contributed by atoms with Crippen molar-refractivity contribution in [3.63, 3.8) is 0 Å². The molecule has 2 heterocycles. The molecule has 6 heteroatoms. The average molecular weight is 286 g/mol. The van der Waals surface area contributed by atoms with Gasteiger partial charge in [0, 0.05) is 16.5 Å². The molecule has 0 spiro atoms. The average Bonchev–Trinajstić information content (AvgIpc) is 3.07. The van der Waals surface area contributed by atoms with E-state index in [2.05, 4.69) is 10.1 Å². The Hall–Kier alpha value is -2.47. The summed E-state index contributed by atoms with van der Waals surface area (Å²) in [5.74, 6) is -0.0414. The minimum absolute atomic E-state index is 0.224. The molecule has 3 rings (SSSR count). The topological polar surface area (TPSA) is 76.2 Å². The molecule has 2 aromatic heterocycles. The van der Waals surface area contributed by atoms with Gasteiger partial charge in [-0.1, -0.05) is 5.16 Å². The van der Waals surface area contributed by atoms with Crippen LogP contribution in [0.2, 0.25) is 0 Å². The van der Waals surface area contributed by atoms with Gasteiger partial charge in [-0.15, -0.1) is 0 Å². The van der Waals surface area contributed by atoms with Crippen LogP contribution in [0.15, 0.2) is 39.5 Å². The van der Waals surface area contributed by atoms with Gasteiger partial charge in [0.2, 0.25) is 5.82 Å². The van der Waals surface area contributed by atoms with Crippen LogP contribution in [-0.2, 0) is 0 Å². The van der Waals surface area contributed by atoms with Gasteiger partial charge in [0.15, 0.2) is 0 Å². The minimum Gasteiger partial charge on any atom is -0.478 e. The van der Waals surface area contributed by atoms with Gasteiger partial charge in [-0.2, -0.15) is 16.3 Å². The molecule has 0 amide bonds. The van der Waals surface area contributed by atoms with Crippen molar-refractivity contribution in [2.24, 2.45) is 0 Å². The lowest BCUT2D eigenvalue weighted by Crippen LogP contribution is -1.94. The Bertz CT molecular complexity index is 759. The summed E-state index contributed by atoms with van der Waals surface area (Å²) in [6.07, 6.45) is 0. The molecule has 0 aliphatic rings. The zero-order valence-electron chi connectivity index (χ0n) is 10.5. The maximum Gasteiger partial charge on any atom is 0.335 e. The summed E-state index contributed by atoms with van der Waals surface area (Å²) < 4.78 is 5.23. The normalized spacial score (nSPS) is 10.7. The number of hydrogen-bond donors (Lipinski definition) is 1. The summed E-state index contributed by atoms with van der Waals surface area (Å²) in [5, 5.41) is 16.8. The summed E-state index contributed by atoms with van der Waals surface area (Å²) in [7, 11) is 0. The molecule has 0 fully saturated rings. The second-order valence-corrected chi connectivity index (χ2v) is 5.02. The lowest BCUT2D eigenvalue weighted by atomic mass is 10.1. The molecule has 20 heavy (non-hydrogen) atoms. The van der Waals surface area contributed by atoms with Crippen LogP contribution < -0.4 is 0 Å². The number of aromatic carboxylic acids is 1. The summed E-state index contributed by atoms with van der Waals surface area (Å²) in [4.78, 5) is 15.1. The summed E-state index contributed by atoms with van der Waals surface area (Å²) >= 11 is 1.58. The van der Waals surface area contributed by atoms with Crippen molar-refractivity contribution >= 4 is 17.3 Å². The van der Waals surface area contributed by atoms with E-state index in [0.717, 1.165) is 11.1 Å². The lowest BCUT2D eigenvalue weighted by molar-refractivity contribution is 0.0697. The molecular weight excluding hydrogens is 276 g/mol. The van der Waals surface area contributed by atoms with Crippen molar-refractivity contribution in [2.45, 2.75) is 6.92 Å². The molecule has 0 saturated carbocycles. The van der Waals surface area contributed by atoms with E-state index in [1.165, 1.54) is 12.1 Å². The fourth-order valence-electron chi connectivity index (χ4n) is 1.80. The van der Waals surface area contributed by atoms with E-state index in [4.69, 9.17) is 9.63 Å². The molecule has 0 aliphatic carbocycles. The van der Waals surface area contributed by atoms with E-state index in [1.807, 2.05) is 17.7 Å². The molecule has 0 radical (unpaired) electrons. The van der Waals surface area contributed by atoms with Gasteiger partial charge in [-0.05, 0) is 42.1 Å². The van der Waals surface area contributed by atoms with E-state index >= 15 is 0 Å². The van der Waals surface area contributed by atoms with Crippen molar-refractivity contribution in [1.82, 2.24) is 10.1 Å². The standard InChI is InChI=1S/C14H10N2O3S/c1-8-6-20-7-11(8)12-15-13(19-16-12)9-2-4-10(5-3-9)14(17)18/h2-7H,1H3,(H,17,18). The Kier molecular flexibility index (Phi) is 3.08. The Morgan fingerprint density at radius 1 is 1.25 bits per heavy atom. The largest absolute Gasteiger partial charge is 0.478 e. The van der Waals surface area contributed by atoms with Gasteiger partial charge in [-0.25, -0.2) is 4.79 Å². The van der Waals surface area contributed by atoms with Gasteiger partial charge in [0.05, 0.1) is 5.56 Å². The number of thiophene rings is 1. The first-order chi connectivity index (χ1) is 9.65. The van der Waals surface area contributed by atoms with Crippen molar-refractivity contribution < 1.29 is 14.4 Å². The number of carboxylic acid groups (broad SMARTS) is 1. The van der Waals surface area contributed by atoms with Crippen LogP contribution in [-0.4, -0.2) is 21.2 Å². The number of aromatic nitrogens is 2. The first kappa shape index (κ1) is 12.6. The maximum atomic E-state index is 10.8. The van der Waals surface area contributed by atoms with Crippen LogP contribution in [0.5, 0.6) is 0 Å². The number of carbonyl (C=O) groups is 1. The highest BCUT2D eigenvalue weighted by Gasteiger charge is 2.13. The Labute approximate surface area is 118 Å². The quantitative estimate of drug-likeness (QED) is 0.797. The van der Waals surface area contributed by atoms with E-state index in [1.54, 1.807) is 23.5 Å². The van der Waals surface area contributed by atoms with Gasteiger partial charge in [0.25, 0.3) is 5.89 Å². The fraction of sp³-hybridized carbons (Fsp3) is 0.0714. The van der Waals surface area contributed by atoms with E-state index in [9.17, 15) is 4.79 Å². The van der Waals surface area contributed by atoms with Gasteiger partial charge < -0.3 is 9.63 Å². The van der Waals surface area contributed by atoms with Crippen LogP contribution in [0.1, 0.15) is 15.9 Å². The first-order valence-corrected chi connectivity index (χ1v) is 6.80. The fourth-order valence-corrected chi connectivity index (χ4v) is 2.62. The molecular formula is C14H10N2O3S. The maximum absolute atomic E-state index is 10.8. The van der Waals surface area contributed by atoms with Crippen LogP contribution in [0.4, 0.5) is 0 Å². The zero-order chi connectivity index (χ0) is 14.1. The lowest BCUT2D eigenvalue weighted by Gasteiger charge is -1.95. The molecule has 0 aliphatic heterocycles. The third kappa shape index (κ3) is 2.21. The smallest absolute Gasteiger partial charge is 0.335 e. The number of rotatable bonds is 3. The van der Waals surface area contributed by atoms with Gasteiger partial charge in [0.1, 0.15) is 0 Å². The van der Waals surface area contributed by atoms with Crippen LogP contribution in [0, 0.1) is 6.92 Å². The third-order valence-electron chi connectivity index (χ3n) is 2.90. The molecule has 1 N–H and O–H groups in total. The number of hydrogen-bond acceptors (Lipinski definition) is 5.